The smallest absolute Gasteiger partial charge is 0.265 e. The number of nitrogens with zero attached hydrogens (tertiary/aromatic N) is 5. The summed E-state index contributed by atoms with van der Waals surface area (Å²) < 4.78 is 0. The van der Waals surface area contributed by atoms with Crippen molar-refractivity contribution < 1.29 is 4.79 Å². The minimum Gasteiger partial charge on any atom is -0.265 e. The predicted molar refractivity (Wildman–Crippen MR) is 56.2 cm³/mol. The van der Waals surface area contributed by atoms with Crippen molar-refractivity contribution in [3.05, 3.63) is 57.7 Å². The summed E-state index contributed by atoms with van der Waals surface area (Å²) in [6.07, 6.45) is 0.376. The van der Waals surface area contributed by atoms with Crippen molar-refractivity contribution in [3.8, 4) is 0 Å². The van der Waals surface area contributed by atoms with Crippen LogP contribution in [0.1, 0.15) is 5.56 Å². The number of azo groups is 1. The molecule has 1 aromatic carbocycles. The molecule has 78 valence electrons. The number of rotatable bonds is 3. The Balaban J connectivity index is 2.30. The summed E-state index contributed by atoms with van der Waals surface area (Å²) >= 11 is 0. The van der Waals surface area contributed by atoms with E-state index >= 15 is 0 Å². The van der Waals surface area contributed by atoms with E-state index in [1.165, 1.54) is 0 Å². The van der Waals surface area contributed by atoms with Gasteiger partial charge >= 0.3 is 0 Å². The van der Waals surface area contributed by atoms with Gasteiger partial charge in [0.05, 0.1) is 5.57 Å². The summed E-state index contributed by atoms with van der Waals surface area (Å²) in [5.74, 6) is -0.373. The third-order valence-electron chi connectivity index (χ3n) is 2.13. The summed E-state index contributed by atoms with van der Waals surface area (Å²) in [5, 5.41) is 10.2. The van der Waals surface area contributed by atoms with E-state index < -0.39 is 5.91 Å². The van der Waals surface area contributed by atoms with Crippen LogP contribution in [-0.4, -0.2) is 5.91 Å². The normalized spacial score (nSPS) is 14.1. The van der Waals surface area contributed by atoms with Crippen molar-refractivity contribution in [2.45, 2.75) is 6.42 Å². The second-order valence-corrected chi connectivity index (χ2v) is 3.16. The van der Waals surface area contributed by atoms with Gasteiger partial charge in [-0.15, -0.1) is 10.2 Å². The van der Waals surface area contributed by atoms with Gasteiger partial charge in [-0.25, -0.2) is 0 Å². The van der Waals surface area contributed by atoms with Crippen LogP contribution in [0.2, 0.25) is 0 Å². The molecule has 0 spiro atoms. The van der Waals surface area contributed by atoms with Crippen LogP contribution in [0, 0.1) is 0 Å². The molecule has 0 unspecified atom stereocenters. The van der Waals surface area contributed by atoms with E-state index in [1.54, 1.807) is 0 Å². The standard InChI is InChI=1S/C10H7N5O/c11-15-13-9-8(10(16)14-12-9)6-7-4-2-1-3-5-7/h1-5H,6H2. The van der Waals surface area contributed by atoms with Crippen molar-refractivity contribution in [1.82, 2.24) is 0 Å². The number of benzene rings is 1. The second-order valence-electron chi connectivity index (χ2n) is 3.16. The minimum absolute atomic E-state index is 0.0661. The molecule has 0 aliphatic carbocycles. The molecule has 1 aromatic rings. The zero-order chi connectivity index (χ0) is 11.4. The molecule has 0 saturated carbocycles. The van der Waals surface area contributed by atoms with E-state index in [4.69, 9.17) is 5.53 Å². The van der Waals surface area contributed by atoms with Crippen LogP contribution < -0.4 is 0 Å². The van der Waals surface area contributed by atoms with Crippen molar-refractivity contribution in [2.75, 3.05) is 0 Å². The van der Waals surface area contributed by atoms with Gasteiger partial charge in [0.25, 0.3) is 5.91 Å². The van der Waals surface area contributed by atoms with Gasteiger partial charge in [0.2, 0.25) is 0 Å². The van der Waals surface area contributed by atoms with Crippen LogP contribution in [0.5, 0.6) is 0 Å². The molecule has 1 amide bonds. The molecule has 6 heteroatoms. The lowest BCUT2D eigenvalue weighted by atomic mass is 10.1. The number of hydrogen-bond donors (Lipinski definition) is 0. The lowest BCUT2D eigenvalue weighted by molar-refractivity contribution is -0.114. The van der Waals surface area contributed by atoms with E-state index in [0.717, 1.165) is 5.56 Å². The molecule has 0 radical (unpaired) electrons. The number of hydrogen-bond acceptors (Lipinski definition) is 3. The van der Waals surface area contributed by atoms with E-state index in [2.05, 4.69) is 20.3 Å². The first kappa shape index (κ1) is 10.1. The SMILES string of the molecule is [N-]=[N+]=NC1=C(Cc2ccccc2)C(=O)N=N1. The number of azide groups is 1. The fraction of sp³-hybridized carbons (Fsp3) is 0.100. The molecule has 0 saturated heterocycles. The molecular formula is C10H7N5O. The zero-order valence-electron chi connectivity index (χ0n) is 8.24. The van der Waals surface area contributed by atoms with Gasteiger partial charge in [0.1, 0.15) is 0 Å². The van der Waals surface area contributed by atoms with E-state index in [9.17, 15) is 4.79 Å². The van der Waals surface area contributed by atoms with E-state index in [-0.39, 0.29) is 5.82 Å². The maximum absolute atomic E-state index is 11.4. The van der Waals surface area contributed by atoms with Crippen LogP contribution in [0.15, 0.2) is 57.1 Å². The Morgan fingerprint density at radius 2 is 2.00 bits per heavy atom. The van der Waals surface area contributed by atoms with Crippen LogP contribution >= 0.6 is 0 Å². The van der Waals surface area contributed by atoms with Gasteiger partial charge in [-0.1, -0.05) is 30.3 Å². The summed E-state index contributed by atoms with van der Waals surface area (Å²) in [4.78, 5) is 14.0. The van der Waals surface area contributed by atoms with Gasteiger partial charge in [-0.2, -0.15) is 0 Å². The average molecular weight is 213 g/mol. The third kappa shape index (κ3) is 1.97. The quantitative estimate of drug-likeness (QED) is 0.431. The largest absolute Gasteiger partial charge is 0.293 e. The van der Waals surface area contributed by atoms with E-state index in [0.29, 0.717) is 12.0 Å². The van der Waals surface area contributed by atoms with Crippen LogP contribution in [0.3, 0.4) is 0 Å². The summed E-state index contributed by atoms with van der Waals surface area (Å²) in [5.41, 5.74) is 9.59. The first-order valence-corrected chi connectivity index (χ1v) is 4.59. The molecule has 16 heavy (non-hydrogen) atoms. The Hall–Kier alpha value is -2.46. The Labute approximate surface area is 90.9 Å². The highest BCUT2D eigenvalue weighted by atomic mass is 16.2. The number of carbonyl (C=O) groups excluding carboxylic acids is 1. The van der Waals surface area contributed by atoms with Crippen LogP contribution in [-0.2, 0) is 11.2 Å². The molecule has 0 fully saturated rings. The molecule has 0 atom stereocenters. The Kier molecular flexibility index (Phi) is 2.75. The lowest BCUT2D eigenvalue weighted by Crippen LogP contribution is -2.00. The number of carbonyl (C=O) groups is 1. The van der Waals surface area contributed by atoms with Crippen molar-refractivity contribution in [2.24, 2.45) is 15.3 Å². The monoisotopic (exact) mass is 213 g/mol. The summed E-state index contributed by atoms with van der Waals surface area (Å²) in [6.45, 7) is 0. The molecule has 0 bridgehead atoms. The van der Waals surface area contributed by atoms with Crippen molar-refractivity contribution in [3.63, 3.8) is 0 Å². The Morgan fingerprint density at radius 3 is 2.69 bits per heavy atom. The first-order valence-electron chi connectivity index (χ1n) is 4.59. The van der Waals surface area contributed by atoms with Gasteiger partial charge in [0, 0.05) is 11.3 Å². The fourth-order valence-corrected chi connectivity index (χ4v) is 1.39. The molecule has 1 aliphatic rings. The van der Waals surface area contributed by atoms with E-state index in [1.807, 2.05) is 30.3 Å². The Morgan fingerprint density at radius 1 is 1.25 bits per heavy atom. The number of amides is 1. The van der Waals surface area contributed by atoms with Crippen LogP contribution in [0.4, 0.5) is 0 Å². The predicted octanol–water partition coefficient (Wildman–Crippen LogP) is 2.74. The molecule has 1 aliphatic heterocycles. The lowest BCUT2D eigenvalue weighted by Gasteiger charge is -1.99. The average Bonchev–Trinajstić information content (AvgIpc) is 2.64. The van der Waals surface area contributed by atoms with Crippen molar-refractivity contribution in [1.29, 1.82) is 0 Å². The summed E-state index contributed by atoms with van der Waals surface area (Å²) in [7, 11) is 0. The van der Waals surface area contributed by atoms with Gasteiger partial charge in [0.15, 0.2) is 5.82 Å². The molecule has 2 rings (SSSR count). The molecule has 0 N–H and O–H groups in total. The highest BCUT2D eigenvalue weighted by Gasteiger charge is 2.20. The molecular weight excluding hydrogens is 206 g/mol. The first-order chi connectivity index (χ1) is 7.81. The third-order valence-corrected chi connectivity index (χ3v) is 2.13. The van der Waals surface area contributed by atoms with Gasteiger partial charge < -0.3 is 0 Å². The highest BCUT2D eigenvalue weighted by molar-refractivity contribution is 5.96. The Bertz CT molecular complexity index is 525. The fourth-order valence-electron chi connectivity index (χ4n) is 1.39. The second kappa shape index (κ2) is 4.37. The zero-order valence-corrected chi connectivity index (χ0v) is 8.24. The van der Waals surface area contributed by atoms with Gasteiger partial charge in [-0.05, 0) is 16.2 Å². The molecule has 1 heterocycles. The highest BCUT2D eigenvalue weighted by Crippen LogP contribution is 2.21. The van der Waals surface area contributed by atoms with Crippen molar-refractivity contribution >= 4 is 5.91 Å². The molecule has 0 aromatic heterocycles. The van der Waals surface area contributed by atoms with Crippen LogP contribution in [0.25, 0.3) is 10.4 Å². The topological polar surface area (TPSA) is 90.6 Å². The maximum atomic E-state index is 11.4. The van der Waals surface area contributed by atoms with Gasteiger partial charge in [-0.3, -0.25) is 4.79 Å². The summed E-state index contributed by atoms with van der Waals surface area (Å²) in [6, 6.07) is 9.39. The maximum Gasteiger partial charge on any atom is 0.293 e. The molecule has 6 nitrogen and oxygen atoms in total. The minimum atomic E-state index is -0.439.